The Morgan fingerprint density at radius 3 is 2.71 bits per heavy atom. The number of benzene rings is 2. The zero-order valence-corrected chi connectivity index (χ0v) is 12.0. The lowest BCUT2D eigenvalue weighted by atomic mass is 10.1. The molecule has 0 fully saturated rings. The zero-order chi connectivity index (χ0) is 14.7. The van der Waals surface area contributed by atoms with E-state index in [2.05, 4.69) is 15.5 Å². The monoisotopic (exact) mass is 294 g/mol. The van der Waals surface area contributed by atoms with Crippen LogP contribution in [0.4, 0.5) is 5.69 Å². The summed E-state index contributed by atoms with van der Waals surface area (Å²) in [6.45, 7) is 0. The van der Waals surface area contributed by atoms with Crippen LogP contribution in [0.25, 0.3) is 23.1 Å². The van der Waals surface area contributed by atoms with Crippen molar-refractivity contribution >= 4 is 46.1 Å². The number of hydrogen-bond acceptors (Lipinski definition) is 2. The molecule has 0 amide bonds. The number of nitrogens with two attached hydrogens (primary N) is 1. The van der Waals surface area contributed by atoms with Gasteiger partial charge in [-0.2, -0.15) is 5.10 Å². The molecule has 0 saturated carbocycles. The quantitative estimate of drug-likeness (QED) is 0.648. The highest BCUT2D eigenvalue weighted by molar-refractivity contribution is 7.80. The highest BCUT2D eigenvalue weighted by Gasteiger charge is 2.02. The predicted molar refractivity (Wildman–Crippen MR) is 91.9 cm³/mol. The average Bonchev–Trinajstić information content (AvgIpc) is 2.89. The van der Waals surface area contributed by atoms with Crippen LogP contribution in [0.15, 0.2) is 48.5 Å². The van der Waals surface area contributed by atoms with Crippen molar-refractivity contribution in [2.75, 3.05) is 5.32 Å². The second kappa shape index (κ2) is 5.76. The second-order valence-corrected chi connectivity index (χ2v) is 5.00. The summed E-state index contributed by atoms with van der Waals surface area (Å²) < 4.78 is 0. The van der Waals surface area contributed by atoms with Gasteiger partial charge in [-0.25, -0.2) is 0 Å². The van der Waals surface area contributed by atoms with E-state index in [1.165, 1.54) is 0 Å². The fourth-order valence-corrected chi connectivity index (χ4v) is 2.28. The van der Waals surface area contributed by atoms with Gasteiger partial charge in [0.1, 0.15) is 0 Å². The molecule has 0 aliphatic carbocycles. The zero-order valence-electron chi connectivity index (χ0n) is 11.2. The molecule has 4 N–H and O–H groups in total. The Bertz CT molecular complexity index is 820. The molecule has 21 heavy (non-hydrogen) atoms. The first kappa shape index (κ1) is 13.3. The fraction of sp³-hybridized carbons (Fsp3) is 0. The van der Waals surface area contributed by atoms with E-state index in [4.69, 9.17) is 18.0 Å². The lowest BCUT2D eigenvalue weighted by Crippen LogP contribution is -2.19. The first-order valence-corrected chi connectivity index (χ1v) is 6.91. The minimum Gasteiger partial charge on any atom is -0.376 e. The minimum atomic E-state index is 0.251. The molecule has 104 valence electrons. The van der Waals surface area contributed by atoms with Crippen LogP contribution >= 0.6 is 12.2 Å². The molecule has 0 aliphatic rings. The third-order valence-electron chi connectivity index (χ3n) is 3.14. The van der Waals surface area contributed by atoms with Crippen LogP contribution in [-0.4, -0.2) is 15.3 Å². The van der Waals surface area contributed by atoms with Crippen molar-refractivity contribution in [3.05, 3.63) is 59.8 Å². The van der Waals surface area contributed by atoms with E-state index in [0.717, 1.165) is 27.8 Å². The number of thiocarbonyl (C=S) groups is 1. The highest BCUT2D eigenvalue weighted by atomic mass is 32.1. The maximum atomic E-state index is 5.54. The number of rotatable bonds is 3. The number of hydrogen-bond donors (Lipinski definition) is 3. The number of fused-ring (bicyclic) bond motifs is 1. The number of H-pyrrole nitrogens is 1. The van der Waals surface area contributed by atoms with Crippen LogP contribution in [0.3, 0.4) is 0 Å². The fourth-order valence-electron chi connectivity index (χ4n) is 2.17. The summed E-state index contributed by atoms with van der Waals surface area (Å²) in [7, 11) is 0. The van der Waals surface area contributed by atoms with Gasteiger partial charge in [0.05, 0.1) is 11.2 Å². The normalized spacial score (nSPS) is 11.0. The van der Waals surface area contributed by atoms with Gasteiger partial charge < -0.3 is 11.1 Å². The van der Waals surface area contributed by atoms with Gasteiger partial charge in [-0.3, -0.25) is 5.10 Å². The molecule has 0 spiro atoms. The highest BCUT2D eigenvalue weighted by Crippen LogP contribution is 2.20. The van der Waals surface area contributed by atoms with Crippen LogP contribution in [0.2, 0.25) is 0 Å². The Morgan fingerprint density at radius 1 is 1.10 bits per heavy atom. The molecule has 1 aromatic heterocycles. The third kappa shape index (κ3) is 2.93. The molecule has 0 aliphatic heterocycles. The summed E-state index contributed by atoms with van der Waals surface area (Å²) >= 11 is 4.89. The van der Waals surface area contributed by atoms with Gasteiger partial charge in [-0.1, -0.05) is 42.5 Å². The molecular weight excluding hydrogens is 280 g/mol. The predicted octanol–water partition coefficient (Wildman–Crippen LogP) is 3.39. The SMILES string of the molecule is NC(=S)Nc1ccccc1C=Cc1n[nH]c2ccccc12. The summed E-state index contributed by atoms with van der Waals surface area (Å²) in [5, 5.41) is 11.6. The van der Waals surface area contributed by atoms with Crippen molar-refractivity contribution in [1.82, 2.24) is 10.2 Å². The van der Waals surface area contributed by atoms with Crippen molar-refractivity contribution in [2.24, 2.45) is 5.73 Å². The number of aromatic amines is 1. The third-order valence-corrected chi connectivity index (χ3v) is 3.24. The summed E-state index contributed by atoms with van der Waals surface area (Å²) in [6, 6.07) is 15.8. The van der Waals surface area contributed by atoms with Crippen molar-refractivity contribution in [2.45, 2.75) is 0 Å². The van der Waals surface area contributed by atoms with Crippen molar-refractivity contribution in [3.8, 4) is 0 Å². The van der Waals surface area contributed by atoms with Gasteiger partial charge in [-0.05, 0) is 36.0 Å². The topological polar surface area (TPSA) is 66.7 Å². The van der Waals surface area contributed by atoms with E-state index in [1.54, 1.807) is 0 Å². The average molecular weight is 294 g/mol. The number of anilines is 1. The van der Waals surface area contributed by atoms with Crippen LogP contribution in [0.5, 0.6) is 0 Å². The Balaban J connectivity index is 1.94. The molecule has 0 bridgehead atoms. The largest absolute Gasteiger partial charge is 0.376 e. The number of nitrogens with zero attached hydrogens (tertiary/aromatic N) is 1. The first-order valence-electron chi connectivity index (χ1n) is 6.51. The number of para-hydroxylation sites is 2. The van der Waals surface area contributed by atoms with Gasteiger partial charge in [-0.15, -0.1) is 0 Å². The molecule has 0 unspecified atom stereocenters. The number of nitrogens with one attached hydrogen (secondary N) is 2. The summed E-state index contributed by atoms with van der Waals surface area (Å²) in [4.78, 5) is 0. The smallest absolute Gasteiger partial charge is 0.168 e. The van der Waals surface area contributed by atoms with Gasteiger partial charge in [0.15, 0.2) is 5.11 Å². The molecule has 3 aromatic rings. The van der Waals surface area contributed by atoms with E-state index < -0.39 is 0 Å². The molecule has 0 atom stereocenters. The van der Waals surface area contributed by atoms with E-state index in [-0.39, 0.29) is 5.11 Å². The summed E-state index contributed by atoms with van der Waals surface area (Å²) in [5.74, 6) is 0. The Kier molecular flexibility index (Phi) is 3.66. The van der Waals surface area contributed by atoms with E-state index in [9.17, 15) is 0 Å². The Hall–Kier alpha value is -2.66. The Labute approximate surface area is 127 Å². The molecule has 3 rings (SSSR count). The van der Waals surface area contributed by atoms with Gasteiger partial charge in [0.25, 0.3) is 0 Å². The van der Waals surface area contributed by atoms with Gasteiger partial charge in [0, 0.05) is 11.1 Å². The van der Waals surface area contributed by atoms with Crippen LogP contribution in [0.1, 0.15) is 11.3 Å². The number of aromatic nitrogens is 2. The van der Waals surface area contributed by atoms with E-state index in [1.807, 2.05) is 60.7 Å². The first-order chi connectivity index (χ1) is 10.2. The second-order valence-electron chi connectivity index (χ2n) is 4.56. The molecule has 5 heteroatoms. The lowest BCUT2D eigenvalue weighted by molar-refractivity contribution is 1.11. The molecule has 1 heterocycles. The molecule has 2 aromatic carbocycles. The van der Waals surface area contributed by atoms with Crippen LogP contribution in [-0.2, 0) is 0 Å². The summed E-state index contributed by atoms with van der Waals surface area (Å²) in [5.41, 5.74) is 9.33. The molecule has 4 nitrogen and oxygen atoms in total. The van der Waals surface area contributed by atoms with Crippen molar-refractivity contribution < 1.29 is 0 Å². The Morgan fingerprint density at radius 2 is 1.86 bits per heavy atom. The standard InChI is InChI=1S/C16H14N4S/c17-16(21)18-13-7-3-1-5-11(13)9-10-15-12-6-2-4-8-14(12)19-20-15/h1-10H,(H,19,20)(H3,17,18,21). The minimum absolute atomic E-state index is 0.251. The van der Waals surface area contributed by atoms with Crippen LogP contribution < -0.4 is 11.1 Å². The van der Waals surface area contributed by atoms with Crippen molar-refractivity contribution in [1.29, 1.82) is 0 Å². The molecular formula is C16H14N4S. The van der Waals surface area contributed by atoms with Crippen LogP contribution in [0, 0.1) is 0 Å². The van der Waals surface area contributed by atoms with Crippen molar-refractivity contribution in [3.63, 3.8) is 0 Å². The maximum absolute atomic E-state index is 5.54. The van der Waals surface area contributed by atoms with E-state index >= 15 is 0 Å². The van der Waals surface area contributed by atoms with Gasteiger partial charge in [0.2, 0.25) is 0 Å². The maximum Gasteiger partial charge on any atom is 0.168 e. The molecule has 0 saturated heterocycles. The lowest BCUT2D eigenvalue weighted by Gasteiger charge is -2.06. The summed E-state index contributed by atoms with van der Waals surface area (Å²) in [6.07, 6.45) is 3.96. The van der Waals surface area contributed by atoms with E-state index in [0.29, 0.717) is 0 Å². The van der Waals surface area contributed by atoms with Gasteiger partial charge >= 0.3 is 0 Å². The molecule has 0 radical (unpaired) electrons.